The van der Waals surface area contributed by atoms with Crippen LogP contribution in [0.1, 0.15) is 219 Å². The molecule has 265 valence electrons. The molecule has 4 nitrogen and oxygen atoms in total. The van der Waals surface area contributed by atoms with Crippen LogP contribution in [0.15, 0.2) is 0 Å². The van der Waals surface area contributed by atoms with Gasteiger partial charge in [0.1, 0.15) is 0 Å². The molecule has 0 atom stereocenters. The number of rotatable bonds is 32. The second-order valence-corrected chi connectivity index (χ2v) is 20.2. The van der Waals surface area contributed by atoms with Crippen LogP contribution in [-0.2, 0) is 24.3 Å². The van der Waals surface area contributed by atoms with E-state index < -0.39 is 26.5 Å². The van der Waals surface area contributed by atoms with Gasteiger partial charge in [0.05, 0.1) is 0 Å². The fourth-order valence-electron chi connectivity index (χ4n) is 5.31. The molecule has 0 saturated carbocycles. The summed E-state index contributed by atoms with van der Waals surface area (Å²) >= 11 is -1.92. The summed E-state index contributed by atoms with van der Waals surface area (Å²) in [6.07, 6.45) is 41.1. The Morgan fingerprint density at radius 3 is 0.636 bits per heavy atom. The van der Waals surface area contributed by atoms with E-state index in [1.54, 1.807) is 0 Å². The molecular weight excluding hydrogens is 647 g/mol. The molecule has 8 heteroatoms. The third kappa shape index (κ3) is 61.5. The molecular formula is C36H72Cl3N2O2Ti-2. The number of halogens is 3. The molecule has 0 aliphatic carbocycles. The monoisotopic (exact) mass is 717 g/mol. The average Bonchev–Trinajstić information content (AvgIpc) is 2.97. The summed E-state index contributed by atoms with van der Waals surface area (Å²) in [5.74, 6) is -0.806. The average molecular weight is 719 g/mol. The second kappa shape index (κ2) is 45.6. The number of carbonyl (C=O) groups is 2. The van der Waals surface area contributed by atoms with E-state index in [0.29, 0.717) is 12.8 Å². The minimum absolute atomic E-state index is 0.403. The van der Waals surface area contributed by atoms with Crippen LogP contribution < -0.4 is 0 Å². The molecule has 0 aromatic carbocycles. The predicted octanol–water partition coefficient (Wildman–Crippen LogP) is 15.7. The zero-order valence-electron chi connectivity index (χ0n) is 29.1. The van der Waals surface area contributed by atoms with Crippen molar-refractivity contribution < 1.29 is 24.3 Å². The van der Waals surface area contributed by atoms with Gasteiger partial charge in [0.25, 0.3) is 0 Å². The van der Waals surface area contributed by atoms with Gasteiger partial charge in [0.2, 0.25) is 0 Å². The number of hydrogen-bond acceptors (Lipinski definition) is 2. The van der Waals surface area contributed by atoms with Gasteiger partial charge in [-0.15, -0.1) is 0 Å². The predicted molar refractivity (Wildman–Crippen MR) is 195 cm³/mol. The van der Waals surface area contributed by atoms with Crippen molar-refractivity contribution in [3.8, 4) is 0 Å². The fraction of sp³-hybridized carbons (Fsp3) is 0.944. The summed E-state index contributed by atoms with van der Waals surface area (Å²) < 4.78 is 0. The van der Waals surface area contributed by atoms with E-state index in [4.69, 9.17) is 39.4 Å². The Hall–Kier alpha value is 0.524. The van der Waals surface area contributed by atoms with Crippen LogP contribution in [-0.4, -0.2) is 11.8 Å². The van der Waals surface area contributed by atoms with Gasteiger partial charge in [0, 0.05) is 11.8 Å². The van der Waals surface area contributed by atoms with Crippen molar-refractivity contribution in [2.24, 2.45) is 0 Å². The maximum atomic E-state index is 10.4. The molecule has 0 saturated heterocycles. The van der Waals surface area contributed by atoms with Gasteiger partial charge in [-0.25, -0.2) is 0 Å². The Labute approximate surface area is 293 Å². The number of amides is 2. The van der Waals surface area contributed by atoms with E-state index in [1.807, 2.05) is 0 Å². The number of carbonyl (C=O) groups excluding carboxylic acids is 2. The molecule has 0 bridgehead atoms. The maximum absolute atomic E-state index is 10.4. The molecule has 0 radical (unpaired) electrons. The van der Waals surface area contributed by atoms with Gasteiger partial charge in [-0.3, -0.25) is 0 Å². The van der Waals surface area contributed by atoms with Crippen molar-refractivity contribution in [3.05, 3.63) is 11.5 Å². The molecule has 2 amide bonds. The first-order valence-electron chi connectivity index (χ1n) is 18.6. The van der Waals surface area contributed by atoms with Gasteiger partial charge >= 0.3 is 42.6 Å². The normalized spacial score (nSPS) is 10.5. The van der Waals surface area contributed by atoms with Gasteiger partial charge in [-0.2, -0.15) is 0 Å². The number of hydrogen-bond donors (Lipinski definition) is 0. The summed E-state index contributed by atoms with van der Waals surface area (Å²) in [6, 6.07) is 0. The molecule has 0 fully saturated rings. The third-order valence-electron chi connectivity index (χ3n) is 8.01. The molecule has 0 aliphatic rings. The topological polar surface area (TPSA) is 81.7 Å². The van der Waals surface area contributed by atoms with Crippen LogP contribution in [0.4, 0.5) is 0 Å². The van der Waals surface area contributed by atoms with Crippen molar-refractivity contribution in [1.29, 1.82) is 0 Å². The van der Waals surface area contributed by atoms with Crippen LogP contribution in [0.2, 0.25) is 0 Å². The fourth-order valence-corrected chi connectivity index (χ4v) is 5.31. The SMILES string of the molecule is CCCCCCCCCCCCCCCCCC([NH-])=O.CCCCCCCCCCCCCCCCCC([NH-])=O.[Cl][Ti]([Cl])[Cl]. The van der Waals surface area contributed by atoms with Crippen molar-refractivity contribution in [2.75, 3.05) is 0 Å². The van der Waals surface area contributed by atoms with E-state index in [1.165, 1.54) is 167 Å². The molecule has 0 rings (SSSR count). The Kier molecular flexibility index (Phi) is 50.7. The van der Waals surface area contributed by atoms with Gasteiger partial charge in [0.15, 0.2) is 0 Å². The molecule has 2 N–H and O–H groups in total. The van der Waals surface area contributed by atoms with Crippen LogP contribution in [0.3, 0.4) is 0 Å². The van der Waals surface area contributed by atoms with E-state index in [0.717, 1.165) is 25.7 Å². The summed E-state index contributed by atoms with van der Waals surface area (Å²) in [7, 11) is 14.9. The van der Waals surface area contributed by atoms with Gasteiger partial charge in [-0.05, 0) is 25.7 Å². The van der Waals surface area contributed by atoms with E-state index in [2.05, 4.69) is 13.8 Å². The Morgan fingerprint density at radius 1 is 0.364 bits per heavy atom. The molecule has 44 heavy (non-hydrogen) atoms. The van der Waals surface area contributed by atoms with Crippen molar-refractivity contribution >= 4 is 39.7 Å². The molecule has 0 unspecified atom stereocenters. The van der Waals surface area contributed by atoms with Gasteiger partial charge in [-0.1, -0.05) is 194 Å². The van der Waals surface area contributed by atoms with Crippen LogP contribution >= 0.6 is 27.9 Å². The molecule has 0 aromatic rings. The Bertz CT molecular complexity index is 511. The zero-order valence-corrected chi connectivity index (χ0v) is 32.9. The van der Waals surface area contributed by atoms with Crippen LogP contribution in [0.25, 0.3) is 11.5 Å². The molecule has 0 spiro atoms. The van der Waals surface area contributed by atoms with Crippen molar-refractivity contribution in [1.82, 2.24) is 0 Å². The Balaban J connectivity index is -0.000000680. The van der Waals surface area contributed by atoms with Crippen molar-refractivity contribution in [2.45, 2.75) is 219 Å². The van der Waals surface area contributed by atoms with Crippen LogP contribution in [0.5, 0.6) is 0 Å². The van der Waals surface area contributed by atoms with E-state index in [-0.39, 0.29) is 0 Å². The quantitative estimate of drug-likeness (QED) is 0.0512. The standard InChI is InChI=1S/2C18H37NO.3ClH.Ti/c2*1-2-3-4-5-6-7-8-9-10-11-12-13-14-15-16-17-18(19)20;;;;/h2*2-17H2,1H3,(H2,19,20);3*1H;/q;;;;;+3/p-5. The molecule has 0 heterocycles. The number of nitrogens with one attached hydrogen (secondary N) is 2. The van der Waals surface area contributed by atoms with Crippen molar-refractivity contribution in [3.63, 3.8) is 0 Å². The first kappa shape index (κ1) is 48.9. The van der Waals surface area contributed by atoms with E-state index >= 15 is 0 Å². The first-order valence-corrected chi connectivity index (χ1v) is 25.0. The summed E-state index contributed by atoms with van der Waals surface area (Å²) in [5.41, 5.74) is 13.6. The summed E-state index contributed by atoms with van der Waals surface area (Å²) in [6.45, 7) is 4.55. The van der Waals surface area contributed by atoms with Crippen LogP contribution in [0, 0.1) is 0 Å². The third-order valence-corrected chi connectivity index (χ3v) is 8.01. The summed E-state index contributed by atoms with van der Waals surface area (Å²) in [5, 5.41) is 0. The summed E-state index contributed by atoms with van der Waals surface area (Å²) in [4.78, 5) is 20.9. The van der Waals surface area contributed by atoms with Gasteiger partial charge < -0.3 is 21.1 Å². The second-order valence-electron chi connectivity index (χ2n) is 12.5. The molecule has 0 aliphatic heterocycles. The number of unbranched alkanes of at least 4 members (excludes halogenated alkanes) is 28. The zero-order chi connectivity index (χ0) is 33.4. The first-order chi connectivity index (χ1) is 21.3. The molecule has 0 aromatic heterocycles. The Morgan fingerprint density at radius 2 is 0.500 bits per heavy atom. The minimum atomic E-state index is -1.92. The van der Waals surface area contributed by atoms with E-state index in [9.17, 15) is 9.59 Å².